The van der Waals surface area contributed by atoms with Gasteiger partial charge in [-0.15, -0.1) is 0 Å². The van der Waals surface area contributed by atoms with E-state index in [1.54, 1.807) is 0 Å². The second-order valence-corrected chi connectivity index (χ2v) is 6.54. The lowest BCUT2D eigenvalue weighted by Gasteiger charge is -2.32. The van der Waals surface area contributed by atoms with E-state index >= 15 is 0 Å². The Morgan fingerprint density at radius 2 is 2.04 bits per heavy atom. The summed E-state index contributed by atoms with van der Waals surface area (Å²) in [4.78, 5) is 25.4. The van der Waals surface area contributed by atoms with Gasteiger partial charge in [-0.1, -0.05) is 19.1 Å². The summed E-state index contributed by atoms with van der Waals surface area (Å²) in [5.74, 6) is 0.853. The number of carbonyl (C=O) groups excluding carboxylic acids is 2. The smallest absolute Gasteiger partial charge is 0.234 e. The van der Waals surface area contributed by atoms with Crippen LogP contribution in [0, 0.1) is 0 Å². The van der Waals surface area contributed by atoms with Gasteiger partial charge in [0, 0.05) is 26.1 Å². The van der Waals surface area contributed by atoms with Gasteiger partial charge < -0.3 is 15.4 Å². The molecule has 2 N–H and O–H groups in total. The summed E-state index contributed by atoms with van der Waals surface area (Å²) in [5.41, 5.74) is 1.05. The van der Waals surface area contributed by atoms with Gasteiger partial charge in [0.05, 0.1) is 13.2 Å². The van der Waals surface area contributed by atoms with Gasteiger partial charge in [0.1, 0.15) is 5.75 Å². The van der Waals surface area contributed by atoms with E-state index in [2.05, 4.69) is 22.5 Å². The first-order valence-electron chi connectivity index (χ1n) is 9.04. The number of rotatable bonds is 8. The lowest BCUT2D eigenvalue weighted by molar-refractivity contribution is -0.122. The molecule has 1 atom stereocenters. The van der Waals surface area contributed by atoms with Gasteiger partial charge >= 0.3 is 0 Å². The molecule has 2 rings (SSSR count). The molecule has 0 aliphatic carbocycles. The maximum Gasteiger partial charge on any atom is 0.234 e. The van der Waals surface area contributed by atoms with Crippen molar-refractivity contribution in [1.29, 1.82) is 0 Å². The third-order valence-corrected chi connectivity index (χ3v) is 4.17. The zero-order valence-corrected chi connectivity index (χ0v) is 15.2. The Balaban J connectivity index is 1.72. The Hall–Kier alpha value is -2.08. The number of amides is 2. The molecule has 0 spiro atoms. The van der Waals surface area contributed by atoms with Crippen molar-refractivity contribution in [2.75, 3.05) is 26.2 Å². The highest BCUT2D eigenvalue weighted by atomic mass is 16.5. The van der Waals surface area contributed by atoms with Crippen LogP contribution >= 0.6 is 0 Å². The third kappa shape index (κ3) is 7.13. The van der Waals surface area contributed by atoms with Crippen LogP contribution in [0.3, 0.4) is 0 Å². The van der Waals surface area contributed by atoms with Gasteiger partial charge in [-0.3, -0.25) is 14.5 Å². The molecular formula is C19H29N3O3. The van der Waals surface area contributed by atoms with E-state index in [4.69, 9.17) is 4.74 Å². The van der Waals surface area contributed by atoms with Gasteiger partial charge in [-0.2, -0.15) is 0 Å². The van der Waals surface area contributed by atoms with Crippen molar-refractivity contribution in [3.05, 3.63) is 29.8 Å². The second-order valence-electron chi connectivity index (χ2n) is 6.54. The van der Waals surface area contributed by atoms with Gasteiger partial charge in [0.2, 0.25) is 11.8 Å². The summed E-state index contributed by atoms with van der Waals surface area (Å²) in [6.45, 7) is 6.83. The van der Waals surface area contributed by atoms with Crippen molar-refractivity contribution >= 4 is 11.8 Å². The highest BCUT2D eigenvalue weighted by molar-refractivity contribution is 5.78. The second kappa shape index (κ2) is 10.0. The van der Waals surface area contributed by atoms with Crippen LogP contribution in [0.15, 0.2) is 24.3 Å². The molecule has 6 heteroatoms. The van der Waals surface area contributed by atoms with Gasteiger partial charge in [-0.05, 0) is 43.5 Å². The molecule has 2 amide bonds. The number of hydrogen-bond acceptors (Lipinski definition) is 4. The van der Waals surface area contributed by atoms with E-state index in [1.165, 1.54) is 6.92 Å². The summed E-state index contributed by atoms with van der Waals surface area (Å²) in [6.07, 6.45) is 2.96. The number of carbonyl (C=O) groups is 2. The Kier molecular flexibility index (Phi) is 7.73. The fourth-order valence-corrected chi connectivity index (χ4v) is 2.99. The molecule has 0 bridgehead atoms. The highest BCUT2D eigenvalue weighted by Crippen LogP contribution is 2.13. The minimum Gasteiger partial charge on any atom is -0.494 e. The van der Waals surface area contributed by atoms with Crippen molar-refractivity contribution in [2.24, 2.45) is 0 Å². The summed E-state index contributed by atoms with van der Waals surface area (Å²) in [7, 11) is 0. The SMILES string of the molecule is CCCOc1ccc(CNC(=O)CN2CCCC(NC(C)=O)C2)cc1. The maximum absolute atomic E-state index is 12.2. The van der Waals surface area contributed by atoms with Crippen LogP contribution < -0.4 is 15.4 Å². The molecule has 1 aromatic rings. The van der Waals surface area contributed by atoms with E-state index in [9.17, 15) is 9.59 Å². The van der Waals surface area contributed by atoms with Crippen LogP contribution in [0.1, 0.15) is 38.7 Å². The number of ether oxygens (including phenoxy) is 1. The molecule has 6 nitrogen and oxygen atoms in total. The molecule has 138 valence electrons. The quantitative estimate of drug-likeness (QED) is 0.751. The predicted octanol–water partition coefficient (Wildman–Crippen LogP) is 1.69. The molecule has 0 aromatic heterocycles. The third-order valence-electron chi connectivity index (χ3n) is 4.17. The first-order valence-corrected chi connectivity index (χ1v) is 9.04. The van der Waals surface area contributed by atoms with Crippen molar-refractivity contribution in [3.8, 4) is 5.75 Å². The molecule has 1 saturated heterocycles. The Labute approximate surface area is 149 Å². The first-order chi connectivity index (χ1) is 12.1. The largest absolute Gasteiger partial charge is 0.494 e. The standard InChI is InChI=1S/C19H29N3O3/c1-3-11-25-18-8-6-16(7-9-18)12-20-19(24)14-22-10-4-5-17(13-22)21-15(2)23/h6-9,17H,3-5,10-14H2,1-2H3,(H,20,24)(H,21,23). The minimum absolute atomic E-state index is 0.00906. The molecule has 1 unspecified atom stereocenters. The molecule has 1 heterocycles. The van der Waals surface area contributed by atoms with Gasteiger partial charge in [0.15, 0.2) is 0 Å². The van der Waals surface area contributed by atoms with Crippen LogP contribution in [0.5, 0.6) is 5.75 Å². The fraction of sp³-hybridized carbons (Fsp3) is 0.579. The monoisotopic (exact) mass is 347 g/mol. The topological polar surface area (TPSA) is 70.7 Å². The number of piperidine rings is 1. The molecule has 1 aromatic carbocycles. The van der Waals surface area contributed by atoms with Crippen LogP contribution in [-0.4, -0.2) is 49.0 Å². The Bertz CT molecular complexity index is 560. The van der Waals surface area contributed by atoms with Gasteiger partial charge in [0.25, 0.3) is 0 Å². The van der Waals surface area contributed by atoms with E-state index in [-0.39, 0.29) is 17.9 Å². The van der Waals surface area contributed by atoms with Crippen molar-refractivity contribution in [3.63, 3.8) is 0 Å². The van der Waals surface area contributed by atoms with Crippen molar-refractivity contribution in [2.45, 2.75) is 45.7 Å². The van der Waals surface area contributed by atoms with E-state index in [0.29, 0.717) is 19.7 Å². The minimum atomic E-state index is -0.0114. The molecular weight excluding hydrogens is 318 g/mol. The number of hydrogen-bond donors (Lipinski definition) is 2. The normalized spacial score (nSPS) is 17.8. The average Bonchev–Trinajstić information content (AvgIpc) is 2.59. The molecule has 25 heavy (non-hydrogen) atoms. The molecule has 0 radical (unpaired) electrons. The lowest BCUT2D eigenvalue weighted by Crippen LogP contribution is -2.49. The molecule has 1 fully saturated rings. The van der Waals surface area contributed by atoms with E-state index in [1.807, 2.05) is 24.3 Å². The first kappa shape index (κ1) is 19.2. The van der Waals surface area contributed by atoms with Crippen LogP contribution in [0.25, 0.3) is 0 Å². The predicted molar refractivity (Wildman–Crippen MR) is 97.4 cm³/mol. The number of likely N-dealkylation sites (tertiary alicyclic amines) is 1. The van der Waals surface area contributed by atoms with Crippen LogP contribution in [0.4, 0.5) is 0 Å². The summed E-state index contributed by atoms with van der Waals surface area (Å²) in [6, 6.07) is 7.95. The van der Waals surface area contributed by atoms with E-state index in [0.717, 1.165) is 43.7 Å². The Morgan fingerprint density at radius 1 is 1.28 bits per heavy atom. The van der Waals surface area contributed by atoms with Crippen molar-refractivity contribution in [1.82, 2.24) is 15.5 Å². The zero-order chi connectivity index (χ0) is 18.1. The zero-order valence-electron chi connectivity index (χ0n) is 15.2. The highest BCUT2D eigenvalue weighted by Gasteiger charge is 2.21. The Morgan fingerprint density at radius 3 is 2.72 bits per heavy atom. The maximum atomic E-state index is 12.2. The fourth-order valence-electron chi connectivity index (χ4n) is 2.99. The summed E-state index contributed by atoms with van der Waals surface area (Å²) in [5, 5.41) is 5.89. The number of nitrogens with zero attached hydrogens (tertiary/aromatic N) is 1. The van der Waals surface area contributed by atoms with E-state index < -0.39 is 0 Å². The summed E-state index contributed by atoms with van der Waals surface area (Å²) >= 11 is 0. The summed E-state index contributed by atoms with van der Waals surface area (Å²) < 4.78 is 5.55. The van der Waals surface area contributed by atoms with Crippen LogP contribution in [0.2, 0.25) is 0 Å². The van der Waals surface area contributed by atoms with Crippen molar-refractivity contribution < 1.29 is 14.3 Å². The molecule has 1 aliphatic rings. The van der Waals surface area contributed by atoms with Gasteiger partial charge in [-0.25, -0.2) is 0 Å². The molecule has 0 saturated carbocycles. The lowest BCUT2D eigenvalue weighted by atomic mass is 10.1. The average molecular weight is 347 g/mol. The van der Waals surface area contributed by atoms with Crippen LogP contribution in [-0.2, 0) is 16.1 Å². The number of benzene rings is 1. The molecule has 1 aliphatic heterocycles. The number of nitrogens with one attached hydrogen (secondary N) is 2.